The van der Waals surface area contributed by atoms with E-state index >= 15 is 0 Å². The van der Waals surface area contributed by atoms with Crippen molar-refractivity contribution in [1.29, 1.82) is 0 Å². The Morgan fingerprint density at radius 3 is 2.82 bits per heavy atom. The van der Waals surface area contributed by atoms with E-state index in [2.05, 4.69) is 15.5 Å². The van der Waals surface area contributed by atoms with Crippen LogP contribution in [0.25, 0.3) is 11.4 Å². The van der Waals surface area contributed by atoms with Gasteiger partial charge in [0.25, 0.3) is 0 Å². The average Bonchev–Trinajstić information content (AvgIpc) is 2.89. The monoisotopic (exact) mass is 249 g/mol. The first-order valence-electron chi connectivity index (χ1n) is 5.75. The van der Waals surface area contributed by atoms with Gasteiger partial charge in [-0.15, -0.1) is 0 Å². The molecule has 1 fully saturated rings. The van der Waals surface area contributed by atoms with Gasteiger partial charge in [-0.1, -0.05) is 5.16 Å². The van der Waals surface area contributed by atoms with Gasteiger partial charge in [0.15, 0.2) is 0 Å². The van der Waals surface area contributed by atoms with Crippen molar-refractivity contribution in [1.82, 2.24) is 10.1 Å². The van der Waals surface area contributed by atoms with Crippen LogP contribution in [0.2, 0.25) is 0 Å². The van der Waals surface area contributed by atoms with Gasteiger partial charge < -0.3 is 10.3 Å². The van der Waals surface area contributed by atoms with E-state index < -0.39 is 5.54 Å². The highest BCUT2D eigenvalue weighted by Crippen LogP contribution is 2.43. The molecule has 2 aromatic rings. The molecule has 0 bridgehead atoms. The summed E-state index contributed by atoms with van der Waals surface area (Å²) in [6.45, 7) is 4.02. The lowest BCUT2D eigenvalue weighted by Crippen LogP contribution is -2.35. The first kappa shape index (κ1) is 10.9. The van der Waals surface area contributed by atoms with Gasteiger partial charge in [0.05, 0.1) is 5.54 Å². The Morgan fingerprint density at radius 1 is 1.47 bits per heavy atom. The fourth-order valence-corrected chi connectivity index (χ4v) is 2.83. The smallest absolute Gasteiger partial charge is 0.247 e. The Labute approximate surface area is 104 Å². The van der Waals surface area contributed by atoms with Crippen molar-refractivity contribution < 1.29 is 4.52 Å². The van der Waals surface area contributed by atoms with Gasteiger partial charge in [-0.05, 0) is 43.6 Å². The number of nitrogens with zero attached hydrogens (tertiary/aromatic N) is 2. The van der Waals surface area contributed by atoms with E-state index in [1.165, 1.54) is 5.56 Å². The topological polar surface area (TPSA) is 64.9 Å². The first-order chi connectivity index (χ1) is 8.09. The normalized spacial score (nSPS) is 19.2. The Hall–Kier alpha value is -1.20. The summed E-state index contributed by atoms with van der Waals surface area (Å²) in [6.07, 6.45) is 2.31. The number of aryl methyl sites for hydroxylation is 1. The van der Waals surface area contributed by atoms with Crippen molar-refractivity contribution >= 4 is 11.3 Å². The molecule has 5 heteroatoms. The number of nitrogens with two attached hydrogens (primary N) is 1. The second-order valence-corrected chi connectivity index (χ2v) is 5.69. The van der Waals surface area contributed by atoms with Gasteiger partial charge in [0.2, 0.25) is 11.7 Å². The number of thiophene rings is 1. The fourth-order valence-electron chi connectivity index (χ4n) is 2.00. The third kappa shape index (κ3) is 1.79. The summed E-state index contributed by atoms with van der Waals surface area (Å²) < 4.78 is 5.33. The third-order valence-corrected chi connectivity index (χ3v) is 4.27. The van der Waals surface area contributed by atoms with Crippen LogP contribution in [-0.4, -0.2) is 10.1 Å². The van der Waals surface area contributed by atoms with Gasteiger partial charge in [-0.2, -0.15) is 16.3 Å². The van der Waals surface area contributed by atoms with Crippen molar-refractivity contribution in [3.8, 4) is 11.4 Å². The number of rotatable bonds is 3. The molecule has 90 valence electrons. The lowest BCUT2D eigenvalue weighted by Gasteiger charge is -2.18. The lowest BCUT2D eigenvalue weighted by atomic mass is 9.97. The molecule has 0 saturated heterocycles. The van der Waals surface area contributed by atoms with Crippen LogP contribution < -0.4 is 5.73 Å². The second-order valence-electron chi connectivity index (χ2n) is 4.95. The van der Waals surface area contributed by atoms with E-state index in [1.54, 1.807) is 11.3 Å². The van der Waals surface area contributed by atoms with Crippen LogP contribution in [0.4, 0.5) is 0 Å². The second kappa shape index (κ2) is 3.65. The van der Waals surface area contributed by atoms with Crippen molar-refractivity contribution in [3.63, 3.8) is 0 Å². The van der Waals surface area contributed by atoms with Gasteiger partial charge in [0, 0.05) is 10.9 Å². The molecule has 1 unspecified atom stereocenters. The van der Waals surface area contributed by atoms with Crippen molar-refractivity contribution in [2.45, 2.75) is 32.2 Å². The molecule has 2 aromatic heterocycles. The van der Waals surface area contributed by atoms with E-state index in [4.69, 9.17) is 10.3 Å². The number of aromatic nitrogens is 2. The summed E-state index contributed by atoms with van der Waals surface area (Å²) in [5.41, 5.74) is 7.99. The van der Waals surface area contributed by atoms with E-state index in [9.17, 15) is 0 Å². The Kier molecular flexibility index (Phi) is 2.34. The molecule has 0 aliphatic heterocycles. The molecule has 2 heterocycles. The predicted molar refractivity (Wildman–Crippen MR) is 66.6 cm³/mol. The maximum atomic E-state index is 6.25. The molecule has 1 saturated carbocycles. The third-order valence-electron chi connectivity index (χ3n) is 3.41. The Bertz CT molecular complexity index is 539. The van der Waals surface area contributed by atoms with Crippen molar-refractivity contribution in [2.75, 3.05) is 0 Å². The molecular weight excluding hydrogens is 234 g/mol. The molecule has 3 rings (SSSR count). The minimum Gasteiger partial charge on any atom is -0.337 e. The standard InChI is InChI=1S/C12H15N3OS/c1-7-5-17-6-9(7)10-14-11(16-15-10)12(2,13)8-3-4-8/h5-6,8H,3-4,13H2,1-2H3. The molecule has 0 aromatic carbocycles. The van der Waals surface area contributed by atoms with Crippen LogP contribution in [0.1, 0.15) is 31.2 Å². The first-order valence-corrected chi connectivity index (χ1v) is 6.69. The SMILES string of the molecule is Cc1cscc1-c1noc(C(C)(N)C2CC2)n1. The molecule has 1 aliphatic rings. The van der Waals surface area contributed by atoms with Gasteiger partial charge >= 0.3 is 0 Å². The van der Waals surface area contributed by atoms with E-state index in [-0.39, 0.29) is 0 Å². The highest BCUT2D eigenvalue weighted by molar-refractivity contribution is 7.08. The summed E-state index contributed by atoms with van der Waals surface area (Å²) in [5.74, 6) is 1.69. The Morgan fingerprint density at radius 2 is 2.24 bits per heavy atom. The van der Waals surface area contributed by atoms with E-state index in [1.807, 2.05) is 19.2 Å². The van der Waals surface area contributed by atoms with Gasteiger partial charge in [-0.25, -0.2) is 0 Å². The maximum Gasteiger partial charge on any atom is 0.247 e. The summed E-state index contributed by atoms with van der Waals surface area (Å²) in [5, 5.41) is 8.15. The largest absolute Gasteiger partial charge is 0.337 e. The van der Waals surface area contributed by atoms with Crippen LogP contribution in [0.15, 0.2) is 15.3 Å². The minimum absolute atomic E-state index is 0.477. The molecule has 0 amide bonds. The maximum absolute atomic E-state index is 6.25. The van der Waals surface area contributed by atoms with Crippen LogP contribution >= 0.6 is 11.3 Å². The summed E-state index contributed by atoms with van der Waals surface area (Å²) in [6, 6.07) is 0. The number of hydrogen-bond acceptors (Lipinski definition) is 5. The lowest BCUT2D eigenvalue weighted by molar-refractivity contribution is 0.273. The minimum atomic E-state index is -0.477. The summed E-state index contributed by atoms with van der Waals surface area (Å²) in [7, 11) is 0. The van der Waals surface area contributed by atoms with Gasteiger partial charge in [0.1, 0.15) is 0 Å². The highest BCUT2D eigenvalue weighted by atomic mass is 32.1. The van der Waals surface area contributed by atoms with Crippen LogP contribution in [0.3, 0.4) is 0 Å². The van der Waals surface area contributed by atoms with E-state index in [0.29, 0.717) is 17.6 Å². The van der Waals surface area contributed by atoms with Crippen LogP contribution in [-0.2, 0) is 5.54 Å². The molecular formula is C12H15N3OS. The molecule has 0 spiro atoms. The average molecular weight is 249 g/mol. The molecule has 1 aliphatic carbocycles. The highest BCUT2D eigenvalue weighted by Gasteiger charge is 2.43. The molecule has 2 N–H and O–H groups in total. The van der Waals surface area contributed by atoms with Crippen molar-refractivity contribution in [3.05, 3.63) is 22.2 Å². The zero-order chi connectivity index (χ0) is 12.0. The summed E-state index contributed by atoms with van der Waals surface area (Å²) >= 11 is 1.64. The van der Waals surface area contributed by atoms with Crippen molar-refractivity contribution in [2.24, 2.45) is 11.7 Å². The van der Waals surface area contributed by atoms with E-state index in [0.717, 1.165) is 18.4 Å². The van der Waals surface area contributed by atoms with Crippen LogP contribution in [0, 0.1) is 12.8 Å². The summed E-state index contributed by atoms with van der Waals surface area (Å²) in [4.78, 5) is 4.45. The van der Waals surface area contributed by atoms with Gasteiger partial charge in [-0.3, -0.25) is 0 Å². The zero-order valence-corrected chi connectivity index (χ0v) is 10.8. The van der Waals surface area contributed by atoms with Crippen LogP contribution in [0.5, 0.6) is 0 Å². The zero-order valence-electron chi connectivity index (χ0n) is 9.93. The molecule has 4 nitrogen and oxygen atoms in total. The molecule has 1 atom stereocenters. The predicted octanol–water partition coefficient (Wildman–Crippen LogP) is 2.69. The Balaban J connectivity index is 1.95. The molecule has 0 radical (unpaired) electrons. The number of hydrogen-bond donors (Lipinski definition) is 1. The molecule has 17 heavy (non-hydrogen) atoms. The quantitative estimate of drug-likeness (QED) is 0.908. The fraction of sp³-hybridized carbons (Fsp3) is 0.500.